The van der Waals surface area contributed by atoms with Crippen LogP contribution in [0, 0.1) is 5.92 Å². The minimum Gasteiger partial charge on any atom is -0.481 e. The summed E-state index contributed by atoms with van der Waals surface area (Å²) in [6.45, 7) is 4.85. The summed E-state index contributed by atoms with van der Waals surface area (Å²) in [7, 11) is 1.64. The van der Waals surface area contributed by atoms with Crippen molar-refractivity contribution < 1.29 is 9.47 Å². The molecule has 1 aromatic rings. The van der Waals surface area contributed by atoms with Crippen molar-refractivity contribution in [1.29, 1.82) is 0 Å². The van der Waals surface area contributed by atoms with Crippen molar-refractivity contribution in [2.75, 3.05) is 20.3 Å². The molecule has 1 fully saturated rings. The molecular formula is C13H20N2O2. The molecule has 0 spiro atoms. The summed E-state index contributed by atoms with van der Waals surface area (Å²) in [6, 6.07) is 4.45. The lowest BCUT2D eigenvalue weighted by molar-refractivity contribution is 0.178. The molecule has 1 aromatic heterocycles. The summed E-state index contributed by atoms with van der Waals surface area (Å²) >= 11 is 0. The van der Waals surface area contributed by atoms with Gasteiger partial charge in [-0.15, -0.1) is 0 Å². The van der Waals surface area contributed by atoms with E-state index in [4.69, 9.17) is 9.47 Å². The second-order valence-corrected chi connectivity index (χ2v) is 4.50. The van der Waals surface area contributed by atoms with E-state index in [-0.39, 0.29) is 0 Å². The zero-order valence-corrected chi connectivity index (χ0v) is 10.5. The summed E-state index contributed by atoms with van der Waals surface area (Å²) in [5.74, 6) is 1.31. The molecule has 1 aliphatic rings. The lowest BCUT2D eigenvalue weighted by Gasteiger charge is -2.19. The fourth-order valence-corrected chi connectivity index (χ4v) is 2.06. The standard InChI is InChI=1S/C13H20N2O2/c1-10(12-4-6-17-9-12)15-8-11-3-5-14-13(7-11)16-2/h3,5,7,10,12,15H,4,6,8-9H2,1-2H3. The van der Waals surface area contributed by atoms with Crippen molar-refractivity contribution in [3.8, 4) is 5.88 Å². The number of hydrogen-bond acceptors (Lipinski definition) is 4. The highest BCUT2D eigenvalue weighted by atomic mass is 16.5. The van der Waals surface area contributed by atoms with Crippen LogP contribution in [0.1, 0.15) is 18.9 Å². The number of nitrogens with zero attached hydrogens (tertiary/aromatic N) is 1. The Morgan fingerprint density at radius 2 is 2.53 bits per heavy atom. The third-order valence-corrected chi connectivity index (χ3v) is 3.31. The Kier molecular flexibility index (Phi) is 4.34. The first kappa shape index (κ1) is 12.3. The fourth-order valence-electron chi connectivity index (χ4n) is 2.06. The topological polar surface area (TPSA) is 43.4 Å². The molecule has 2 unspecified atom stereocenters. The molecule has 2 atom stereocenters. The molecule has 1 saturated heterocycles. The van der Waals surface area contributed by atoms with Gasteiger partial charge in [-0.1, -0.05) is 0 Å². The van der Waals surface area contributed by atoms with Crippen LogP contribution in [0.2, 0.25) is 0 Å². The van der Waals surface area contributed by atoms with Crippen LogP contribution in [0.15, 0.2) is 18.3 Å². The van der Waals surface area contributed by atoms with Gasteiger partial charge in [0.05, 0.1) is 13.7 Å². The van der Waals surface area contributed by atoms with Crippen molar-refractivity contribution in [2.24, 2.45) is 5.92 Å². The average molecular weight is 236 g/mol. The van der Waals surface area contributed by atoms with Gasteiger partial charge in [-0.2, -0.15) is 0 Å². The van der Waals surface area contributed by atoms with Gasteiger partial charge in [-0.25, -0.2) is 4.98 Å². The molecule has 0 radical (unpaired) electrons. The van der Waals surface area contributed by atoms with Gasteiger partial charge in [0.25, 0.3) is 0 Å². The summed E-state index contributed by atoms with van der Waals surface area (Å²) in [4.78, 5) is 4.09. The molecule has 4 nitrogen and oxygen atoms in total. The number of aromatic nitrogens is 1. The molecule has 0 bridgehead atoms. The highest BCUT2D eigenvalue weighted by Gasteiger charge is 2.21. The molecule has 17 heavy (non-hydrogen) atoms. The SMILES string of the molecule is COc1cc(CNC(C)C2CCOC2)ccn1. The maximum atomic E-state index is 5.40. The molecule has 1 N–H and O–H groups in total. The molecule has 1 aliphatic heterocycles. The fraction of sp³-hybridized carbons (Fsp3) is 0.615. The third-order valence-electron chi connectivity index (χ3n) is 3.31. The van der Waals surface area contributed by atoms with Crippen LogP contribution in [0.25, 0.3) is 0 Å². The van der Waals surface area contributed by atoms with Gasteiger partial charge in [0.15, 0.2) is 0 Å². The number of methoxy groups -OCH3 is 1. The molecular weight excluding hydrogens is 216 g/mol. The monoisotopic (exact) mass is 236 g/mol. The first-order chi connectivity index (χ1) is 8.29. The van der Waals surface area contributed by atoms with E-state index in [1.165, 1.54) is 5.56 Å². The highest BCUT2D eigenvalue weighted by molar-refractivity contribution is 5.20. The van der Waals surface area contributed by atoms with E-state index >= 15 is 0 Å². The lowest BCUT2D eigenvalue weighted by Crippen LogP contribution is -2.33. The number of hydrogen-bond donors (Lipinski definition) is 1. The van der Waals surface area contributed by atoms with E-state index in [0.717, 1.165) is 26.2 Å². The highest BCUT2D eigenvalue weighted by Crippen LogP contribution is 2.17. The van der Waals surface area contributed by atoms with E-state index < -0.39 is 0 Å². The normalized spacial score (nSPS) is 21.4. The van der Waals surface area contributed by atoms with Crippen LogP contribution in [-0.4, -0.2) is 31.3 Å². The maximum absolute atomic E-state index is 5.40. The Morgan fingerprint density at radius 1 is 1.65 bits per heavy atom. The number of ether oxygens (including phenoxy) is 2. The molecule has 2 rings (SSSR count). The molecule has 4 heteroatoms. The molecule has 0 aromatic carbocycles. The van der Waals surface area contributed by atoms with E-state index in [1.807, 2.05) is 12.1 Å². The van der Waals surface area contributed by atoms with E-state index in [0.29, 0.717) is 17.8 Å². The van der Waals surface area contributed by atoms with Crippen LogP contribution in [-0.2, 0) is 11.3 Å². The second kappa shape index (κ2) is 5.98. The minimum atomic E-state index is 0.483. The van der Waals surface area contributed by atoms with Crippen molar-refractivity contribution >= 4 is 0 Å². The Hall–Kier alpha value is -1.13. The van der Waals surface area contributed by atoms with Gasteiger partial charge in [0.1, 0.15) is 0 Å². The third kappa shape index (κ3) is 3.41. The van der Waals surface area contributed by atoms with Crippen LogP contribution in [0.3, 0.4) is 0 Å². The predicted octanol–water partition coefficient (Wildman–Crippen LogP) is 1.60. The summed E-state index contributed by atoms with van der Waals surface area (Å²) in [6.07, 6.45) is 2.94. The Bertz CT molecular complexity index is 351. The molecule has 0 saturated carbocycles. The van der Waals surface area contributed by atoms with Gasteiger partial charge >= 0.3 is 0 Å². The van der Waals surface area contributed by atoms with Crippen LogP contribution in [0.5, 0.6) is 5.88 Å². The van der Waals surface area contributed by atoms with Gasteiger partial charge in [0, 0.05) is 31.5 Å². The van der Waals surface area contributed by atoms with Gasteiger partial charge in [-0.05, 0) is 30.9 Å². The lowest BCUT2D eigenvalue weighted by atomic mass is 10.0. The zero-order chi connectivity index (χ0) is 12.1. The van der Waals surface area contributed by atoms with Gasteiger partial charge in [-0.3, -0.25) is 0 Å². The Morgan fingerprint density at radius 3 is 3.24 bits per heavy atom. The van der Waals surface area contributed by atoms with Crippen molar-refractivity contribution in [1.82, 2.24) is 10.3 Å². The van der Waals surface area contributed by atoms with Gasteiger partial charge in [0.2, 0.25) is 5.88 Å². The number of nitrogens with one attached hydrogen (secondary N) is 1. The Labute approximate surface area is 102 Å². The number of rotatable bonds is 5. The van der Waals surface area contributed by atoms with Crippen LogP contribution in [0.4, 0.5) is 0 Å². The second-order valence-electron chi connectivity index (χ2n) is 4.50. The largest absolute Gasteiger partial charge is 0.481 e. The quantitative estimate of drug-likeness (QED) is 0.843. The average Bonchev–Trinajstić information content (AvgIpc) is 2.90. The summed E-state index contributed by atoms with van der Waals surface area (Å²) < 4.78 is 10.5. The van der Waals surface area contributed by atoms with Crippen LogP contribution < -0.4 is 10.1 Å². The molecule has 94 valence electrons. The zero-order valence-electron chi connectivity index (χ0n) is 10.5. The molecule has 0 amide bonds. The minimum absolute atomic E-state index is 0.483. The number of pyridine rings is 1. The Balaban J connectivity index is 1.83. The van der Waals surface area contributed by atoms with Gasteiger partial charge < -0.3 is 14.8 Å². The maximum Gasteiger partial charge on any atom is 0.213 e. The van der Waals surface area contributed by atoms with Crippen molar-refractivity contribution in [3.63, 3.8) is 0 Å². The van der Waals surface area contributed by atoms with Crippen molar-refractivity contribution in [2.45, 2.75) is 25.9 Å². The first-order valence-corrected chi connectivity index (χ1v) is 6.09. The van der Waals surface area contributed by atoms with Crippen LogP contribution >= 0.6 is 0 Å². The summed E-state index contributed by atoms with van der Waals surface area (Å²) in [5.41, 5.74) is 1.20. The summed E-state index contributed by atoms with van der Waals surface area (Å²) in [5, 5.41) is 3.53. The van der Waals surface area contributed by atoms with E-state index in [9.17, 15) is 0 Å². The van der Waals surface area contributed by atoms with E-state index in [1.54, 1.807) is 13.3 Å². The smallest absolute Gasteiger partial charge is 0.213 e. The molecule has 0 aliphatic carbocycles. The van der Waals surface area contributed by atoms with Crippen molar-refractivity contribution in [3.05, 3.63) is 23.9 Å². The first-order valence-electron chi connectivity index (χ1n) is 6.09. The van der Waals surface area contributed by atoms with E-state index in [2.05, 4.69) is 17.2 Å². The predicted molar refractivity (Wildman–Crippen MR) is 66.0 cm³/mol. The molecule has 2 heterocycles.